The second-order valence-corrected chi connectivity index (χ2v) is 6.10. The number of benzene rings is 2. The van der Waals surface area contributed by atoms with Gasteiger partial charge in [0, 0.05) is 19.5 Å². The van der Waals surface area contributed by atoms with E-state index >= 15 is 0 Å². The molecular formula is C19H16FN3O2. The molecule has 1 aliphatic heterocycles. The molecule has 0 unspecified atom stereocenters. The molecule has 2 aromatic carbocycles. The van der Waals surface area contributed by atoms with Gasteiger partial charge in [0.15, 0.2) is 5.82 Å². The van der Waals surface area contributed by atoms with Crippen LogP contribution in [0, 0.1) is 5.82 Å². The topological polar surface area (TPSA) is 59.2 Å². The molecule has 1 aliphatic rings. The zero-order valence-electron chi connectivity index (χ0n) is 13.4. The summed E-state index contributed by atoms with van der Waals surface area (Å²) < 4.78 is 19.0. The third kappa shape index (κ3) is 3.15. The van der Waals surface area contributed by atoms with Crippen molar-refractivity contribution in [2.45, 2.75) is 12.3 Å². The van der Waals surface area contributed by atoms with Crippen molar-refractivity contribution in [3.8, 4) is 0 Å². The first-order chi connectivity index (χ1) is 12.2. The molecule has 0 bridgehead atoms. The van der Waals surface area contributed by atoms with Gasteiger partial charge in [0.25, 0.3) is 5.91 Å². The lowest BCUT2D eigenvalue weighted by Crippen LogP contribution is -2.48. The van der Waals surface area contributed by atoms with Gasteiger partial charge in [-0.2, -0.15) is 4.98 Å². The van der Waals surface area contributed by atoms with Gasteiger partial charge >= 0.3 is 0 Å². The van der Waals surface area contributed by atoms with Gasteiger partial charge in [-0.05, 0) is 17.7 Å². The number of hydrogen-bond acceptors (Lipinski definition) is 4. The number of aromatic nitrogens is 2. The summed E-state index contributed by atoms with van der Waals surface area (Å²) in [6.45, 7) is 0.917. The Balaban J connectivity index is 1.38. The zero-order chi connectivity index (χ0) is 17.2. The van der Waals surface area contributed by atoms with Crippen LogP contribution in [-0.2, 0) is 6.42 Å². The predicted octanol–water partition coefficient (Wildman–Crippen LogP) is 3.04. The number of likely N-dealkylation sites (tertiary alicyclic amines) is 1. The molecule has 0 saturated carbocycles. The van der Waals surface area contributed by atoms with E-state index in [0.29, 0.717) is 31.2 Å². The fourth-order valence-electron chi connectivity index (χ4n) is 2.89. The van der Waals surface area contributed by atoms with Gasteiger partial charge in [-0.25, -0.2) is 4.39 Å². The van der Waals surface area contributed by atoms with Crippen molar-refractivity contribution in [1.29, 1.82) is 0 Å². The van der Waals surface area contributed by atoms with Crippen molar-refractivity contribution < 1.29 is 13.7 Å². The van der Waals surface area contributed by atoms with Gasteiger partial charge in [0.2, 0.25) is 5.89 Å². The number of rotatable bonds is 4. The average Bonchev–Trinajstić information content (AvgIpc) is 3.03. The van der Waals surface area contributed by atoms with Crippen molar-refractivity contribution in [3.05, 3.63) is 83.3 Å². The normalized spacial score (nSPS) is 14.4. The Bertz CT molecular complexity index is 888. The van der Waals surface area contributed by atoms with Crippen LogP contribution in [0.3, 0.4) is 0 Å². The Morgan fingerprint density at radius 1 is 1.12 bits per heavy atom. The fourth-order valence-corrected chi connectivity index (χ4v) is 2.89. The quantitative estimate of drug-likeness (QED) is 0.734. The van der Waals surface area contributed by atoms with Crippen molar-refractivity contribution in [2.24, 2.45) is 0 Å². The van der Waals surface area contributed by atoms with E-state index in [4.69, 9.17) is 4.52 Å². The Hall–Kier alpha value is -3.02. The van der Waals surface area contributed by atoms with Crippen LogP contribution in [-0.4, -0.2) is 34.0 Å². The summed E-state index contributed by atoms with van der Waals surface area (Å²) in [6, 6.07) is 15.9. The minimum Gasteiger partial charge on any atom is -0.339 e. The molecule has 5 nitrogen and oxygen atoms in total. The van der Waals surface area contributed by atoms with Gasteiger partial charge in [-0.3, -0.25) is 4.79 Å². The van der Waals surface area contributed by atoms with Crippen LogP contribution in [0.15, 0.2) is 59.1 Å². The molecule has 3 aromatic rings. The standard InChI is InChI=1S/C19H16FN3O2/c20-16-9-5-4-8-15(16)19(24)23-11-14(12-23)18-21-17(22-25-18)10-13-6-2-1-3-7-13/h1-9,14H,10-12H2. The number of hydrogen-bond donors (Lipinski definition) is 0. The number of nitrogens with zero attached hydrogens (tertiary/aromatic N) is 3. The molecule has 0 spiro atoms. The van der Waals surface area contributed by atoms with E-state index < -0.39 is 5.82 Å². The van der Waals surface area contributed by atoms with E-state index in [-0.39, 0.29) is 17.4 Å². The maximum absolute atomic E-state index is 13.7. The molecule has 4 rings (SSSR count). The smallest absolute Gasteiger partial charge is 0.256 e. The summed E-state index contributed by atoms with van der Waals surface area (Å²) in [4.78, 5) is 18.3. The minimum absolute atomic E-state index is 0.00717. The summed E-state index contributed by atoms with van der Waals surface area (Å²) in [6.07, 6.45) is 0.606. The van der Waals surface area contributed by atoms with Crippen LogP contribution >= 0.6 is 0 Å². The second kappa shape index (κ2) is 6.47. The maximum atomic E-state index is 13.7. The molecule has 25 heavy (non-hydrogen) atoms. The molecule has 0 N–H and O–H groups in total. The summed E-state index contributed by atoms with van der Waals surface area (Å²) in [5.41, 5.74) is 1.20. The molecule has 126 valence electrons. The van der Waals surface area contributed by atoms with Crippen molar-refractivity contribution in [1.82, 2.24) is 15.0 Å². The highest BCUT2D eigenvalue weighted by Gasteiger charge is 2.36. The van der Waals surface area contributed by atoms with Gasteiger partial charge < -0.3 is 9.42 Å². The highest BCUT2D eigenvalue weighted by Crippen LogP contribution is 2.28. The van der Waals surface area contributed by atoms with Crippen LogP contribution in [0.4, 0.5) is 4.39 Å². The number of carbonyl (C=O) groups excluding carboxylic acids is 1. The Labute approximate surface area is 144 Å². The Morgan fingerprint density at radius 2 is 1.84 bits per heavy atom. The van der Waals surface area contributed by atoms with Gasteiger partial charge in [-0.15, -0.1) is 0 Å². The largest absolute Gasteiger partial charge is 0.339 e. The maximum Gasteiger partial charge on any atom is 0.256 e. The summed E-state index contributed by atoms with van der Waals surface area (Å²) >= 11 is 0. The molecule has 1 fully saturated rings. The number of amides is 1. The Kier molecular flexibility index (Phi) is 4.01. The molecule has 0 atom stereocenters. The SMILES string of the molecule is O=C(c1ccccc1F)N1CC(c2nc(Cc3ccccc3)no2)C1. The highest BCUT2D eigenvalue weighted by atomic mass is 19.1. The number of halogens is 1. The van der Waals surface area contributed by atoms with E-state index in [2.05, 4.69) is 10.1 Å². The molecule has 2 heterocycles. The highest BCUT2D eigenvalue weighted by molar-refractivity contribution is 5.95. The Morgan fingerprint density at radius 3 is 2.60 bits per heavy atom. The van der Waals surface area contributed by atoms with Gasteiger partial charge in [0.05, 0.1) is 11.5 Å². The van der Waals surface area contributed by atoms with E-state index in [9.17, 15) is 9.18 Å². The lowest BCUT2D eigenvalue weighted by Gasteiger charge is -2.37. The van der Waals surface area contributed by atoms with E-state index in [0.717, 1.165) is 5.56 Å². The summed E-state index contributed by atoms with van der Waals surface area (Å²) in [5, 5.41) is 4.01. The van der Waals surface area contributed by atoms with Crippen LogP contribution in [0.1, 0.15) is 33.6 Å². The lowest BCUT2D eigenvalue weighted by atomic mass is 9.98. The van der Waals surface area contributed by atoms with Crippen molar-refractivity contribution in [3.63, 3.8) is 0 Å². The number of carbonyl (C=O) groups is 1. The van der Waals surface area contributed by atoms with Crippen LogP contribution in [0.5, 0.6) is 0 Å². The fraction of sp³-hybridized carbons (Fsp3) is 0.211. The first-order valence-corrected chi connectivity index (χ1v) is 8.11. The average molecular weight is 337 g/mol. The van der Waals surface area contributed by atoms with Crippen LogP contribution in [0.2, 0.25) is 0 Å². The molecular weight excluding hydrogens is 321 g/mol. The van der Waals surface area contributed by atoms with E-state index in [1.54, 1.807) is 17.0 Å². The van der Waals surface area contributed by atoms with Gasteiger partial charge in [0.1, 0.15) is 5.82 Å². The summed E-state index contributed by atoms with van der Waals surface area (Å²) in [7, 11) is 0. The monoisotopic (exact) mass is 337 g/mol. The third-order valence-corrected chi connectivity index (χ3v) is 4.31. The molecule has 6 heteroatoms. The van der Waals surface area contributed by atoms with Gasteiger partial charge in [-0.1, -0.05) is 47.6 Å². The second-order valence-electron chi connectivity index (χ2n) is 6.10. The van der Waals surface area contributed by atoms with E-state index in [1.165, 1.54) is 12.1 Å². The zero-order valence-corrected chi connectivity index (χ0v) is 13.4. The summed E-state index contributed by atoms with van der Waals surface area (Å²) in [5.74, 6) is 0.355. The first kappa shape index (κ1) is 15.5. The minimum atomic E-state index is -0.501. The predicted molar refractivity (Wildman–Crippen MR) is 88.6 cm³/mol. The molecule has 1 saturated heterocycles. The molecule has 1 aromatic heterocycles. The van der Waals surface area contributed by atoms with Crippen LogP contribution < -0.4 is 0 Å². The van der Waals surface area contributed by atoms with Crippen molar-refractivity contribution >= 4 is 5.91 Å². The molecule has 1 amide bonds. The van der Waals surface area contributed by atoms with Crippen molar-refractivity contribution in [2.75, 3.05) is 13.1 Å². The van der Waals surface area contributed by atoms with Crippen LogP contribution in [0.25, 0.3) is 0 Å². The molecule has 0 aliphatic carbocycles. The molecule has 0 radical (unpaired) electrons. The third-order valence-electron chi connectivity index (χ3n) is 4.31. The lowest BCUT2D eigenvalue weighted by molar-refractivity contribution is 0.0564. The van der Waals surface area contributed by atoms with E-state index in [1.807, 2.05) is 30.3 Å². The first-order valence-electron chi connectivity index (χ1n) is 8.11.